The Morgan fingerprint density at radius 1 is 1.50 bits per heavy atom. The fourth-order valence-electron chi connectivity index (χ4n) is 1.36. The summed E-state index contributed by atoms with van der Waals surface area (Å²) in [4.78, 5) is 13.0. The Morgan fingerprint density at radius 2 is 2.25 bits per heavy atom. The minimum absolute atomic E-state index is 0.0877. The van der Waals surface area contributed by atoms with Gasteiger partial charge in [-0.25, -0.2) is 4.79 Å². The summed E-state index contributed by atoms with van der Waals surface area (Å²) >= 11 is 0. The molecular weight excluding hydrogens is 208 g/mol. The van der Waals surface area contributed by atoms with Crippen molar-refractivity contribution >= 4 is 11.7 Å². The molecule has 0 unspecified atom stereocenters. The smallest absolute Gasteiger partial charge is 0.321 e. The zero-order valence-electron chi connectivity index (χ0n) is 9.18. The van der Waals surface area contributed by atoms with E-state index in [9.17, 15) is 9.90 Å². The van der Waals surface area contributed by atoms with Gasteiger partial charge in [0, 0.05) is 18.3 Å². The number of carbonyl (C=O) groups is 1. The number of nitrogens with one attached hydrogen (secondary N) is 1. The van der Waals surface area contributed by atoms with Crippen LogP contribution in [-0.4, -0.2) is 35.9 Å². The van der Waals surface area contributed by atoms with Crippen LogP contribution in [0.2, 0.25) is 0 Å². The van der Waals surface area contributed by atoms with Gasteiger partial charge in [0.05, 0.1) is 13.2 Å². The van der Waals surface area contributed by atoms with Crippen LogP contribution in [0.3, 0.4) is 0 Å². The molecule has 0 saturated heterocycles. The molecule has 88 valence electrons. The summed E-state index contributed by atoms with van der Waals surface area (Å²) in [7, 11) is 0. The molecule has 0 fully saturated rings. The fraction of sp³-hybridized carbons (Fsp3) is 0.364. The molecule has 1 aromatic rings. The molecule has 2 amide bonds. The van der Waals surface area contributed by atoms with Crippen LogP contribution < -0.4 is 10.2 Å². The number of nitrogens with zero attached hydrogens (tertiary/aromatic N) is 1. The van der Waals surface area contributed by atoms with Gasteiger partial charge < -0.3 is 15.5 Å². The molecular formula is C11H16N2O3. The SMILES string of the molecule is CCNC(=O)N(CCO)c1cccc(O)c1. The van der Waals surface area contributed by atoms with Gasteiger partial charge in [-0.2, -0.15) is 0 Å². The quantitative estimate of drug-likeness (QED) is 0.712. The van der Waals surface area contributed by atoms with Crippen molar-refractivity contribution in [2.24, 2.45) is 0 Å². The van der Waals surface area contributed by atoms with Crippen molar-refractivity contribution in [3.63, 3.8) is 0 Å². The van der Waals surface area contributed by atoms with Crippen molar-refractivity contribution in [3.05, 3.63) is 24.3 Å². The van der Waals surface area contributed by atoms with E-state index in [2.05, 4.69) is 5.32 Å². The second-order valence-electron chi connectivity index (χ2n) is 3.23. The first-order chi connectivity index (χ1) is 7.69. The predicted octanol–water partition coefficient (Wildman–Crippen LogP) is 0.920. The Morgan fingerprint density at radius 3 is 2.81 bits per heavy atom. The number of rotatable bonds is 4. The van der Waals surface area contributed by atoms with E-state index < -0.39 is 0 Å². The zero-order chi connectivity index (χ0) is 12.0. The lowest BCUT2D eigenvalue weighted by molar-refractivity contribution is 0.242. The monoisotopic (exact) mass is 224 g/mol. The maximum Gasteiger partial charge on any atom is 0.321 e. The third-order valence-electron chi connectivity index (χ3n) is 2.04. The molecule has 16 heavy (non-hydrogen) atoms. The highest BCUT2D eigenvalue weighted by molar-refractivity contribution is 5.92. The molecule has 0 radical (unpaired) electrons. The lowest BCUT2D eigenvalue weighted by atomic mass is 10.2. The van der Waals surface area contributed by atoms with Gasteiger partial charge in [0.15, 0.2) is 0 Å². The van der Waals surface area contributed by atoms with Crippen molar-refractivity contribution < 1.29 is 15.0 Å². The number of hydrogen-bond donors (Lipinski definition) is 3. The molecule has 0 heterocycles. The summed E-state index contributed by atoms with van der Waals surface area (Å²) in [6.07, 6.45) is 0. The molecule has 0 aliphatic heterocycles. The first-order valence-electron chi connectivity index (χ1n) is 5.14. The van der Waals surface area contributed by atoms with Gasteiger partial charge >= 0.3 is 6.03 Å². The molecule has 5 heteroatoms. The van der Waals surface area contributed by atoms with Gasteiger partial charge in [-0.1, -0.05) is 6.07 Å². The summed E-state index contributed by atoms with van der Waals surface area (Å²) in [6.45, 7) is 2.39. The van der Waals surface area contributed by atoms with Gasteiger partial charge in [0.2, 0.25) is 0 Å². The van der Waals surface area contributed by atoms with Crippen molar-refractivity contribution in [2.75, 3.05) is 24.6 Å². The summed E-state index contributed by atoms with van der Waals surface area (Å²) in [5.41, 5.74) is 0.556. The summed E-state index contributed by atoms with van der Waals surface area (Å²) in [5, 5.41) is 20.9. The molecule has 1 aromatic carbocycles. The van der Waals surface area contributed by atoms with Crippen LogP contribution in [0.4, 0.5) is 10.5 Å². The second-order valence-corrected chi connectivity index (χ2v) is 3.23. The van der Waals surface area contributed by atoms with E-state index in [1.807, 2.05) is 6.92 Å². The maximum absolute atomic E-state index is 11.7. The lowest BCUT2D eigenvalue weighted by Crippen LogP contribution is -2.41. The fourth-order valence-corrected chi connectivity index (χ4v) is 1.36. The molecule has 0 saturated carbocycles. The highest BCUT2D eigenvalue weighted by atomic mass is 16.3. The maximum atomic E-state index is 11.7. The van der Waals surface area contributed by atoms with E-state index >= 15 is 0 Å². The zero-order valence-corrected chi connectivity index (χ0v) is 9.18. The number of amides is 2. The third-order valence-corrected chi connectivity index (χ3v) is 2.04. The molecule has 0 atom stereocenters. The summed E-state index contributed by atoms with van der Waals surface area (Å²) < 4.78 is 0. The van der Waals surface area contributed by atoms with Crippen LogP contribution >= 0.6 is 0 Å². The molecule has 0 spiro atoms. The molecule has 0 aliphatic carbocycles. The average Bonchev–Trinajstić information content (AvgIpc) is 2.26. The predicted molar refractivity (Wildman–Crippen MR) is 61.6 cm³/mol. The standard InChI is InChI=1S/C11H16N2O3/c1-2-12-11(16)13(6-7-14)9-4-3-5-10(15)8-9/h3-5,8,14-15H,2,6-7H2,1H3,(H,12,16). The Hall–Kier alpha value is -1.75. The van der Waals surface area contributed by atoms with Crippen molar-refractivity contribution in [3.8, 4) is 5.75 Å². The van der Waals surface area contributed by atoms with Crippen LogP contribution in [0.1, 0.15) is 6.92 Å². The Balaban J connectivity index is 2.88. The first-order valence-corrected chi connectivity index (χ1v) is 5.14. The number of aliphatic hydroxyl groups excluding tert-OH is 1. The molecule has 0 bridgehead atoms. The van der Waals surface area contributed by atoms with E-state index in [1.54, 1.807) is 12.1 Å². The number of urea groups is 1. The number of phenolic OH excluding ortho intramolecular Hbond substituents is 1. The molecule has 3 N–H and O–H groups in total. The molecule has 0 aliphatic rings. The van der Waals surface area contributed by atoms with E-state index in [1.165, 1.54) is 17.0 Å². The van der Waals surface area contributed by atoms with Gasteiger partial charge in [0.25, 0.3) is 0 Å². The Labute approximate surface area is 94.3 Å². The molecule has 0 aromatic heterocycles. The summed E-state index contributed by atoms with van der Waals surface area (Å²) in [6, 6.07) is 6.06. The third kappa shape index (κ3) is 3.13. The Bertz CT molecular complexity index is 355. The Kier molecular flexibility index (Phi) is 4.60. The summed E-state index contributed by atoms with van der Waals surface area (Å²) in [5.74, 6) is 0.0877. The van der Waals surface area contributed by atoms with E-state index in [0.717, 1.165) is 0 Å². The van der Waals surface area contributed by atoms with E-state index in [-0.39, 0.29) is 24.9 Å². The molecule has 5 nitrogen and oxygen atoms in total. The van der Waals surface area contributed by atoms with Gasteiger partial charge in [-0.05, 0) is 19.1 Å². The number of anilines is 1. The van der Waals surface area contributed by atoms with Crippen LogP contribution in [-0.2, 0) is 0 Å². The first kappa shape index (κ1) is 12.3. The minimum Gasteiger partial charge on any atom is -0.508 e. The van der Waals surface area contributed by atoms with Crippen molar-refractivity contribution in [1.29, 1.82) is 0 Å². The number of aromatic hydroxyl groups is 1. The highest BCUT2D eigenvalue weighted by Gasteiger charge is 2.14. The van der Waals surface area contributed by atoms with Gasteiger partial charge in [0.1, 0.15) is 5.75 Å². The van der Waals surface area contributed by atoms with Crippen LogP contribution in [0, 0.1) is 0 Å². The van der Waals surface area contributed by atoms with Crippen molar-refractivity contribution in [2.45, 2.75) is 6.92 Å². The van der Waals surface area contributed by atoms with Gasteiger partial charge in [-0.3, -0.25) is 4.90 Å². The largest absolute Gasteiger partial charge is 0.508 e. The molecule has 1 rings (SSSR count). The van der Waals surface area contributed by atoms with Crippen molar-refractivity contribution in [1.82, 2.24) is 5.32 Å². The van der Waals surface area contributed by atoms with Crippen LogP contribution in [0.15, 0.2) is 24.3 Å². The average molecular weight is 224 g/mol. The van der Waals surface area contributed by atoms with E-state index in [4.69, 9.17) is 5.11 Å². The number of aliphatic hydroxyl groups is 1. The van der Waals surface area contributed by atoms with E-state index in [0.29, 0.717) is 12.2 Å². The number of hydrogen-bond acceptors (Lipinski definition) is 3. The normalized spacial score (nSPS) is 9.88. The van der Waals surface area contributed by atoms with Crippen LogP contribution in [0.25, 0.3) is 0 Å². The number of phenols is 1. The number of benzene rings is 1. The second kappa shape index (κ2) is 5.97. The lowest BCUT2D eigenvalue weighted by Gasteiger charge is -2.22. The topological polar surface area (TPSA) is 72.8 Å². The highest BCUT2D eigenvalue weighted by Crippen LogP contribution is 2.19. The minimum atomic E-state index is -0.290. The number of carbonyl (C=O) groups excluding carboxylic acids is 1. The van der Waals surface area contributed by atoms with Gasteiger partial charge in [-0.15, -0.1) is 0 Å². The van der Waals surface area contributed by atoms with Crippen LogP contribution in [0.5, 0.6) is 5.75 Å².